The fourth-order valence-electron chi connectivity index (χ4n) is 3.66. The quantitative estimate of drug-likeness (QED) is 0.592. The van der Waals surface area contributed by atoms with Crippen molar-refractivity contribution in [1.82, 2.24) is 14.9 Å². The minimum atomic E-state index is -0.380. The summed E-state index contributed by atoms with van der Waals surface area (Å²) in [5.74, 6) is -0.619. The number of nitrogens with zero attached hydrogens (tertiary/aromatic N) is 3. The normalized spacial score (nSPS) is 12.8. The molecule has 0 aliphatic carbocycles. The average molecular weight is 429 g/mol. The number of benzene rings is 2. The van der Waals surface area contributed by atoms with E-state index in [9.17, 15) is 14.4 Å². The van der Waals surface area contributed by atoms with E-state index >= 15 is 0 Å². The van der Waals surface area contributed by atoms with Crippen LogP contribution in [0.25, 0.3) is 0 Å². The van der Waals surface area contributed by atoms with Gasteiger partial charge in [0, 0.05) is 34.4 Å². The van der Waals surface area contributed by atoms with E-state index in [1.165, 1.54) is 17.0 Å². The summed E-state index contributed by atoms with van der Waals surface area (Å²) >= 11 is 0. The molecule has 0 unspecified atom stereocenters. The van der Waals surface area contributed by atoms with E-state index in [0.29, 0.717) is 22.8 Å². The molecule has 0 fully saturated rings. The smallest absolute Gasteiger partial charge is 0.261 e. The molecule has 8 nitrogen and oxygen atoms in total. The highest BCUT2D eigenvalue weighted by molar-refractivity contribution is 6.22. The summed E-state index contributed by atoms with van der Waals surface area (Å²) in [7, 11) is 0. The molecule has 4 rings (SSSR count). The Morgan fingerprint density at radius 1 is 0.875 bits per heavy atom. The lowest BCUT2D eigenvalue weighted by atomic mass is 10.1. The van der Waals surface area contributed by atoms with Crippen molar-refractivity contribution in [2.24, 2.45) is 0 Å². The van der Waals surface area contributed by atoms with Gasteiger partial charge in [0.25, 0.3) is 17.7 Å². The first kappa shape index (κ1) is 21.2. The highest BCUT2D eigenvalue weighted by Crippen LogP contribution is 2.26. The second kappa shape index (κ2) is 8.22. The molecule has 3 amide bonds. The molecule has 0 radical (unpaired) electrons. The fourth-order valence-corrected chi connectivity index (χ4v) is 3.66. The Morgan fingerprint density at radius 3 is 2.22 bits per heavy atom. The number of hydrogen-bond acceptors (Lipinski definition) is 6. The molecule has 0 bridgehead atoms. The first-order valence-electron chi connectivity index (χ1n) is 10.3. The van der Waals surface area contributed by atoms with E-state index in [1.807, 2.05) is 26.0 Å². The van der Waals surface area contributed by atoms with Crippen LogP contribution in [0.1, 0.15) is 56.3 Å². The van der Waals surface area contributed by atoms with E-state index < -0.39 is 0 Å². The van der Waals surface area contributed by atoms with Crippen molar-refractivity contribution in [3.8, 4) is 0 Å². The Kier molecular flexibility index (Phi) is 5.44. The number of fused-ring (bicyclic) bond motifs is 1. The summed E-state index contributed by atoms with van der Waals surface area (Å²) in [6, 6.07) is 13.3. The third-order valence-corrected chi connectivity index (χ3v) is 5.06. The molecular formula is C24H23N5O3. The van der Waals surface area contributed by atoms with Crippen LogP contribution in [-0.2, 0) is 0 Å². The lowest BCUT2D eigenvalue weighted by Crippen LogP contribution is -2.35. The molecule has 1 aromatic heterocycles. The number of rotatable bonds is 5. The molecule has 1 aliphatic heterocycles. The first-order valence-corrected chi connectivity index (χ1v) is 10.3. The zero-order chi connectivity index (χ0) is 23.0. The van der Waals surface area contributed by atoms with Gasteiger partial charge in [-0.1, -0.05) is 6.07 Å². The summed E-state index contributed by atoms with van der Waals surface area (Å²) in [6.45, 7) is 7.34. The Morgan fingerprint density at radius 2 is 1.53 bits per heavy atom. The van der Waals surface area contributed by atoms with Crippen LogP contribution in [0.5, 0.6) is 0 Å². The number of aryl methyl sites for hydroxylation is 2. The Bertz CT molecular complexity index is 1230. The van der Waals surface area contributed by atoms with Crippen LogP contribution in [0.4, 0.5) is 17.3 Å². The maximum absolute atomic E-state index is 12.8. The van der Waals surface area contributed by atoms with Gasteiger partial charge in [-0.3, -0.25) is 19.3 Å². The standard InChI is InChI=1S/C24H23N5O3/c1-13(2)29-22(31)19-9-8-16(11-20(19)23(29)32)21(30)27-17-6-5-7-18(12-17)28-24-25-14(3)10-15(4)26-24/h5-13H,1-4H3,(H,27,30)(H,25,26,28). The van der Waals surface area contributed by atoms with E-state index in [-0.39, 0.29) is 29.3 Å². The van der Waals surface area contributed by atoms with Crippen LogP contribution in [0.3, 0.4) is 0 Å². The summed E-state index contributed by atoms with van der Waals surface area (Å²) in [5, 5.41) is 5.97. The van der Waals surface area contributed by atoms with Crippen LogP contribution in [-0.4, -0.2) is 38.6 Å². The lowest BCUT2D eigenvalue weighted by Gasteiger charge is -2.17. The van der Waals surface area contributed by atoms with Crippen LogP contribution >= 0.6 is 0 Å². The van der Waals surface area contributed by atoms with Gasteiger partial charge in [0.1, 0.15) is 0 Å². The molecule has 8 heteroatoms. The van der Waals surface area contributed by atoms with Crippen LogP contribution < -0.4 is 10.6 Å². The van der Waals surface area contributed by atoms with Gasteiger partial charge in [-0.05, 0) is 70.2 Å². The number of imide groups is 1. The van der Waals surface area contributed by atoms with Gasteiger partial charge >= 0.3 is 0 Å². The number of amides is 3. The average Bonchev–Trinajstić information content (AvgIpc) is 2.97. The molecule has 0 saturated carbocycles. The third kappa shape index (κ3) is 4.07. The minimum Gasteiger partial charge on any atom is -0.324 e. The molecule has 0 spiro atoms. The van der Waals surface area contributed by atoms with Crippen molar-refractivity contribution in [1.29, 1.82) is 0 Å². The number of carbonyl (C=O) groups excluding carboxylic acids is 3. The highest BCUT2D eigenvalue weighted by Gasteiger charge is 2.37. The molecule has 32 heavy (non-hydrogen) atoms. The molecule has 2 N–H and O–H groups in total. The summed E-state index contributed by atoms with van der Waals surface area (Å²) in [4.78, 5) is 47.8. The van der Waals surface area contributed by atoms with E-state index in [0.717, 1.165) is 17.1 Å². The largest absolute Gasteiger partial charge is 0.324 e. The predicted octanol–water partition coefficient (Wildman–Crippen LogP) is 4.09. The summed E-state index contributed by atoms with van der Waals surface area (Å²) in [5.41, 5.74) is 3.85. The Balaban J connectivity index is 1.52. The fraction of sp³-hybridized carbons (Fsp3) is 0.208. The topological polar surface area (TPSA) is 104 Å². The highest BCUT2D eigenvalue weighted by atomic mass is 16.2. The van der Waals surface area contributed by atoms with Crippen molar-refractivity contribution in [3.05, 3.63) is 76.6 Å². The van der Waals surface area contributed by atoms with Crippen molar-refractivity contribution in [3.63, 3.8) is 0 Å². The van der Waals surface area contributed by atoms with Crippen LogP contribution in [0.2, 0.25) is 0 Å². The monoisotopic (exact) mass is 429 g/mol. The van der Waals surface area contributed by atoms with Gasteiger partial charge in [0.2, 0.25) is 5.95 Å². The second-order valence-corrected chi connectivity index (χ2v) is 7.97. The van der Waals surface area contributed by atoms with Crippen molar-refractivity contribution < 1.29 is 14.4 Å². The van der Waals surface area contributed by atoms with Gasteiger partial charge < -0.3 is 10.6 Å². The molecule has 1 aliphatic rings. The maximum atomic E-state index is 12.8. The van der Waals surface area contributed by atoms with Crippen LogP contribution in [0, 0.1) is 13.8 Å². The summed E-state index contributed by atoms with van der Waals surface area (Å²) < 4.78 is 0. The SMILES string of the molecule is Cc1cc(C)nc(Nc2cccc(NC(=O)c3ccc4c(c3)C(=O)N(C(C)C)C4=O)c2)n1. The van der Waals surface area contributed by atoms with Crippen molar-refractivity contribution >= 4 is 35.0 Å². The number of hydrogen-bond donors (Lipinski definition) is 2. The Hall–Kier alpha value is -4.07. The van der Waals surface area contributed by atoms with Crippen LogP contribution in [0.15, 0.2) is 48.5 Å². The Labute approximate surface area is 185 Å². The van der Waals surface area contributed by atoms with Gasteiger partial charge in [0.05, 0.1) is 11.1 Å². The molecular weight excluding hydrogens is 406 g/mol. The van der Waals surface area contributed by atoms with Gasteiger partial charge in [-0.15, -0.1) is 0 Å². The van der Waals surface area contributed by atoms with Gasteiger partial charge in [-0.25, -0.2) is 9.97 Å². The molecule has 0 saturated heterocycles. The molecule has 3 aromatic rings. The summed E-state index contributed by atoms with van der Waals surface area (Å²) in [6.07, 6.45) is 0. The minimum absolute atomic E-state index is 0.249. The maximum Gasteiger partial charge on any atom is 0.261 e. The number of carbonyl (C=O) groups is 3. The molecule has 0 atom stereocenters. The molecule has 2 heterocycles. The zero-order valence-electron chi connectivity index (χ0n) is 18.3. The second-order valence-electron chi connectivity index (χ2n) is 7.97. The van der Waals surface area contributed by atoms with Gasteiger partial charge in [0.15, 0.2) is 0 Å². The van der Waals surface area contributed by atoms with E-state index in [4.69, 9.17) is 0 Å². The number of aromatic nitrogens is 2. The van der Waals surface area contributed by atoms with E-state index in [2.05, 4.69) is 20.6 Å². The predicted molar refractivity (Wildman–Crippen MR) is 121 cm³/mol. The first-order chi connectivity index (χ1) is 15.2. The third-order valence-electron chi connectivity index (χ3n) is 5.06. The zero-order valence-corrected chi connectivity index (χ0v) is 18.3. The van der Waals surface area contributed by atoms with Gasteiger partial charge in [-0.2, -0.15) is 0 Å². The number of nitrogens with one attached hydrogen (secondary N) is 2. The molecule has 162 valence electrons. The van der Waals surface area contributed by atoms with Crippen molar-refractivity contribution in [2.75, 3.05) is 10.6 Å². The van der Waals surface area contributed by atoms with Crippen molar-refractivity contribution in [2.45, 2.75) is 33.7 Å². The van der Waals surface area contributed by atoms with E-state index in [1.54, 1.807) is 38.1 Å². The molecule has 2 aromatic carbocycles. The number of anilines is 3. The lowest BCUT2D eigenvalue weighted by molar-refractivity contribution is 0.0609.